The van der Waals surface area contributed by atoms with E-state index in [1.54, 1.807) is 0 Å². The van der Waals surface area contributed by atoms with Crippen molar-refractivity contribution in [1.29, 1.82) is 0 Å². The molecule has 0 fully saturated rings. The predicted molar refractivity (Wildman–Crippen MR) is 122 cm³/mol. The number of unbranched alkanes of at least 4 members (excludes halogenated alkanes) is 1. The Labute approximate surface area is 177 Å². The lowest BCUT2D eigenvalue weighted by atomic mass is 10.2. The number of nitrogens with two attached hydrogens (primary N) is 2. The van der Waals surface area contributed by atoms with Gasteiger partial charge in [0.05, 0.1) is 24.2 Å². The zero-order chi connectivity index (χ0) is 20.9. The van der Waals surface area contributed by atoms with Gasteiger partial charge in [-0.05, 0) is 18.6 Å². The normalized spacial score (nSPS) is 14.0. The maximum Gasteiger partial charge on any atom is 0.152 e. The van der Waals surface area contributed by atoms with Crippen LogP contribution in [-0.2, 0) is 17.7 Å². The van der Waals surface area contributed by atoms with Gasteiger partial charge in [0.2, 0.25) is 0 Å². The van der Waals surface area contributed by atoms with Gasteiger partial charge in [0.25, 0.3) is 0 Å². The number of allylic oxidation sites excluding steroid dienone is 1. The Balaban J connectivity index is 1.52. The standard InChI is InChI=1S/C23H30N6O/c1-2-3-10-20-27-21-22(18-8-4-5-9-19(18)26-23(21)25)29(20)13-15-30-14-12-28-11-6-7-17(24)16-28/h4-9,16H,2-3,10-15,24H2,1H3,(H2,25,26). The maximum atomic E-state index is 6.26. The first-order chi connectivity index (χ1) is 14.7. The van der Waals surface area contributed by atoms with Crippen molar-refractivity contribution in [1.82, 2.24) is 19.4 Å². The van der Waals surface area contributed by atoms with Crippen LogP contribution in [0.1, 0.15) is 25.6 Å². The van der Waals surface area contributed by atoms with Gasteiger partial charge in [0, 0.05) is 43.3 Å². The van der Waals surface area contributed by atoms with E-state index in [0.29, 0.717) is 19.0 Å². The number of hydrogen-bond donors (Lipinski definition) is 2. The van der Waals surface area contributed by atoms with Crippen LogP contribution < -0.4 is 11.5 Å². The van der Waals surface area contributed by atoms with Gasteiger partial charge in [0.15, 0.2) is 5.82 Å². The van der Waals surface area contributed by atoms with Crippen LogP contribution >= 0.6 is 0 Å². The molecule has 4 rings (SSSR count). The number of benzene rings is 1. The molecule has 0 unspecified atom stereocenters. The minimum atomic E-state index is 0.489. The number of para-hydroxylation sites is 1. The van der Waals surface area contributed by atoms with E-state index < -0.39 is 0 Å². The van der Waals surface area contributed by atoms with Gasteiger partial charge < -0.3 is 25.7 Å². The molecule has 0 radical (unpaired) electrons. The SMILES string of the molecule is CCCCc1nc2c(N)nc3ccccc3c2n1CCOCCN1C=C(N)C=CC1. The van der Waals surface area contributed by atoms with Crippen LogP contribution in [0.3, 0.4) is 0 Å². The maximum absolute atomic E-state index is 6.26. The molecule has 0 spiro atoms. The second-order valence-corrected chi connectivity index (χ2v) is 7.63. The fourth-order valence-corrected chi connectivity index (χ4v) is 3.90. The molecule has 1 aromatic carbocycles. The third kappa shape index (κ3) is 4.26. The third-order valence-electron chi connectivity index (χ3n) is 5.41. The van der Waals surface area contributed by atoms with Crippen LogP contribution in [0.2, 0.25) is 0 Å². The van der Waals surface area contributed by atoms with Crippen LogP contribution in [0.4, 0.5) is 5.82 Å². The number of nitrogen functional groups attached to an aromatic ring is 1. The molecule has 0 atom stereocenters. The van der Waals surface area contributed by atoms with Crippen molar-refractivity contribution in [3.05, 3.63) is 54.1 Å². The number of anilines is 1. The molecule has 7 heteroatoms. The van der Waals surface area contributed by atoms with E-state index in [1.807, 2.05) is 30.5 Å². The Morgan fingerprint density at radius 3 is 2.77 bits per heavy atom. The minimum Gasteiger partial charge on any atom is -0.398 e. The summed E-state index contributed by atoms with van der Waals surface area (Å²) < 4.78 is 8.24. The summed E-state index contributed by atoms with van der Waals surface area (Å²) >= 11 is 0. The molecule has 3 heterocycles. The van der Waals surface area contributed by atoms with Crippen LogP contribution in [-0.4, -0.2) is 45.7 Å². The molecule has 0 amide bonds. The molecule has 3 aromatic rings. The molecule has 7 nitrogen and oxygen atoms in total. The second kappa shape index (κ2) is 9.17. The summed E-state index contributed by atoms with van der Waals surface area (Å²) in [7, 11) is 0. The first-order valence-electron chi connectivity index (χ1n) is 10.7. The number of imidazole rings is 1. The van der Waals surface area contributed by atoms with Gasteiger partial charge in [-0.3, -0.25) is 0 Å². The van der Waals surface area contributed by atoms with Gasteiger partial charge in [0.1, 0.15) is 11.3 Å². The summed E-state index contributed by atoms with van der Waals surface area (Å²) in [5, 5.41) is 1.08. The van der Waals surface area contributed by atoms with E-state index in [-0.39, 0.29) is 0 Å². The summed E-state index contributed by atoms with van der Waals surface area (Å²) in [6, 6.07) is 8.11. The number of hydrogen-bond acceptors (Lipinski definition) is 6. The molecule has 0 aliphatic carbocycles. The van der Waals surface area contributed by atoms with Gasteiger partial charge in [-0.15, -0.1) is 0 Å². The van der Waals surface area contributed by atoms with Gasteiger partial charge in [-0.25, -0.2) is 9.97 Å². The van der Waals surface area contributed by atoms with E-state index in [2.05, 4.69) is 33.5 Å². The Hall–Kier alpha value is -3.06. The fraction of sp³-hybridized carbons (Fsp3) is 0.391. The molecule has 4 N–H and O–H groups in total. The highest BCUT2D eigenvalue weighted by Gasteiger charge is 2.17. The third-order valence-corrected chi connectivity index (χ3v) is 5.41. The van der Waals surface area contributed by atoms with Gasteiger partial charge in [-0.2, -0.15) is 0 Å². The highest BCUT2D eigenvalue weighted by Crippen LogP contribution is 2.29. The van der Waals surface area contributed by atoms with Crippen LogP contribution in [0.15, 0.2) is 48.3 Å². The molecule has 0 saturated heterocycles. The van der Waals surface area contributed by atoms with Crippen molar-refractivity contribution in [3.63, 3.8) is 0 Å². The summed E-state index contributed by atoms with van der Waals surface area (Å²) in [4.78, 5) is 11.6. The molecule has 1 aliphatic rings. The monoisotopic (exact) mass is 406 g/mol. The van der Waals surface area contributed by atoms with Crippen LogP contribution in [0.25, 0.3) is 21.9 Å². The van der Waals surface area contributed by atoms with Crippen molar-refractivity contribution in [2.75, 3.05) is 32.0 Å². The van der Waals surface area contributed by atoms with Crippen LogP contribution in [0, 0.1) is 0 Å². The average Bonchev–Trinajstić information content (AvgIpc) is 3.11. The topological polar surface area (TPSA) is 95.2 Å². The lowest BCUT2D eigenvalue weighted by molar-refractivity contribution is 0.111. The summed E-state index contributed by atoms with van der Waals surface area (Å²) in [5.74, 6) is 1.54. The van der Waals surface area contributed by atoms with E-state index in [9.17, 15) is 0 Å². The number of pyridine rings is 1. The van der Waals surface area contributed by atoms with Crippen LogP contribution in [0.5, 0.6) is 0 Å². The van der Waals surface area contributed by atoms with E-state index in [4.69, 9.17) is 21.2 Å². The first kappa shape index (κ1) is 20.2. The van der Waals surface area contributed by atoms with Crippen molar-refractivity contribution in [2.45, 2.75) is 32.7 Å². The smallest absolute Gasteiger partial charge is 0.152 e. The predicted octanol–water partition coefficient (Wildman–Crippen LogP) is 3.20. The summed E-state index contributed by atoms with van der Waals surface area (Å²) in [6.07, 6.45) is 9.10. The lowest BCUT2D eigenvalue weighted by Gasteiger charge is -2.21. The van der Waals surface area contributed by atoms with Gasteiger partial charge in [-0.1, -0.05) is 37.6 Å². The van der Waals surface area contributed by atoms with E-state index in [0.717, 1.165) is 72.4 Å². The number of ether oxygens (including phenoxy) is 1. The number of rotatable bonds is 9. The Morgan fingerprint density at radius 2 is 1.93 bits per heavy atom. The van der Waals surface area contributed by atoms with E-state index >= 15 is 0 Å². The Kier molecular flexibility index (Phi) is 6.18. The molecular formula is C23H30N6O. The molecule has 0 bridgehead atoms. The second-order valence-electron chi connectivity index (χ2n) is 7.63. The molecule has 30 heavy (non-hydrogen) atoms. The fourth-order valence-electron chi connectivity index (χ4n) is 3.90. The molecular weight excluding hydrogens is 376 g/mol. The van der Waals surface area contributed by atoms with Crippen molar-refractivity contribution < 1.29 is 4.74 Å². The average molecular weight is 407 g/mol. The molecule has 2 aromatic heterocycles. The Morgan fingerprint density at radius 1 is 1.10 bits per heavy atom. The Bertz CT molecular complexity index is 1080. The van der Waals surface area contributed by atoms with E-state index in [1.165, 1.54) is 0 Å². The summed E-state index contributed by atoms with van der Waals surface area (Å²) in [6.45, 7) is 5.89. The number of aromatic nitrogens is 3. The number of fused-ring (bicyclic) bond motifs is 3. The van der Waals surface area contributed by atoms with Gasteiger partial charge >= 0.3 is 0 Å². The molecule has 0 saturated carbocycles. The largest absolute Gasteiger partial charge is 0.398 e. The van der Waals surface area contributed by atoms with Crippen molar-refractivity contribution in [3.8, 4) is 0 Å². The number of nitrogens with zero attached hydrogens (tertiary/aromatic N) is 4. The zero-order valence-electron chi connectivity index (χ0n) is 17.6. The molecule has 158 valence electrons. The molecule has 1 aliphatic heterocycles. The van der Waals surface area contributed by atoms with Crippen molar-refractivity contribution >= 4 is 27.8 Å². The zero-order valence-corrected chi connectivity index (χ0v) is 17.6. The van der Waals surface area contributed by atoms with Crippen molar-refractivity contribution in [2.24, 2.45) is 5.73 Å². The highest BCUT2D eigenvalue weighted by molar-refractivity contribution is 6.06. The quantitative estimate of drug-likeness (QED) is 0.530. The first-order valence-corrected chi connectivity index (χ1v) is 10.7. The summed E-state index contributed by atoms with van der Waals surface area (Å²) in [5.41, 5.74) is 15.6. The lowest BCUT2D eigenvalue weighted by Crippen LogP contribution is -2.26. The number of aryl methyl sites for hydroxylation is 1. The minimum absolute atomic E-state index is 0.489. The highest BCUT2D eigenvalue weighted by atomic mass is 16.5.